The van der Waals surface area contributed by atoms with Crippen LogP contribution in [-0.2, 0) is 0 Å². The molecule has 7 heteroatoms. The van der Waals surface area contributed by atoms with E-state index in [9.17, 15) is 4.79 Å². The zero-order valence-electron chi connectivity index (χ0n) is 14.9. The Morgan fingerprint density at radius 2 is 2.07 bits per heavy atom. The number of anilines is 1. The largest absolute Gasteiger partial charge is 0.356 e. The molecule has 1 aliphatic heterocycles. The van der Waals surface area contributed by atoms with Gasteiger partial charge in [0.1, 0.15) is 5.82 Å². The van der Waals surface area contributed by atoms with Gasteiger partial charge in [-0.25, -0.2) is 4.98 Å². The lowest BCUT2D eigenvalue weighted by Crippen LogP contribution is -2.14. The Morgan fingerprint density at radius 1 is 1.19 bits per heavy atom. The van der Waals surface area contributed by atoms with Crippen molar-refractivity contribution in [3.8, 4) is 0 Å². The molecular formula is C20H18N4O2S. The molecule has 0 spiro atoms. The van der Waals surface area contributed by atoms with Gasteiger partial charge in [-0.1, -0.05) is 24.2 Å². The van der Waals surface area contributed by atoms with Crippen molar-refractivity contribution >= 4 is 28.4 Å². The normalized spacial score (nSPS) is 19.0. The Bertz CT molecular complexity index is 983. The van der Waals surface area contributed by atoms with Crippen molar-refractivity contribution in [1.82, 2.24) is 15.1 Å². The minimum absolute atomic E-state index is 0.187. The zero-order chi connectivity index (χ0) is 18.8. The van der Waals surface area contributed by atoms with Gasteiger partial charge in [-0.05, 0) is 36.1 Å². The molecule has 136 valence electrons. The second-order valence-electron chi connectivity index (χ2n) is 6.43. The first-order valence-corrected chi connectivity index (χ1v) is 9.47. The van der Waals surface area contributed by atoms with Gasteiger partial charge in [0.05, 0.1) is 6.20 Å². The second-order valence-corrected chi connectivity index (χ2v) is 7.61. The number of allylic oxidation sites excluding steroid dienone is 1. The summed E-state index contributed by atoms with van der Waals surface area (Å²) in [6.07, 6.45) is 8.94. The maximum absolute atomic E-state index is 12.4. The monoisotopic (exact) mass is 378 g/mol. The topological polar surface area (TPSA) is 80.9 Å². The minimum atomic E-state index is -0.187. The van der Waals surface area contributed by atoms with Crippen molar-refractivity contribution in [3.63, 3.8) is 0 Å². The van der Waals surface area contributed by atoms with E-state index in [2.05, 4.69) is 33.4 Å². The molecule has 3 aromatic rings. The Labute approximate surface area is 161 Å². The van der Waals surface area contributed by atoms with Gasteiger partial charge < -0.3 is 9.84 Å². The Hall–Kier alpha value is -2.93. The number of nitrogens with one attached hydrogen (secondary N) is 1. The van der Waals surface area contributed by atoms with E-state index in [1.807, 2.05) is 31.3 Å². The van der Waals surface area contributed by atoms with E-state index in [4.69, 9.17) is 4.52 Å². The smallest absolute Gasteiger partial charge is 0.257 e. The number of nitrogens with zero attached hydrogens (tertiary/aromatic N) is 3. The van der Waals surface area contributed by atoms with Crippen LogP contribution in [0.25, 0.3) is 4.91 Å². The molecule has 1 aliphatic rings. The van der Waals surface area contributed by atoms with E-state index in [1.165, 1.54) is 0 Å². The Morgan fingerprint density at radius 3 is 2.78 bits per heavy atom. The van der Waals surface area contributed by atoms with Crippen LogP contribution in [0.15, 0.2) is 59.7 Å². The van der Waals surface area contributed by atoms with Crippen LogP contribution in [0.1, 0.15) is 39.4 Å². The number of aromatic nitrogens is 3. The lowest BCUT2D eigenvalue weighted by atomic mass is 10.0. The molecule has 2 unspecified atom stereocenters. The van der Waals surface area contributed by atoms with Gasteiger partial charge in [-0.2, -0.15) is 0 Å². The number of rotatable bonds is 4. The maximum Gasteiger partial charge on any atom is 0.257 e. The third-order valence-corrected chi connectivity index (χ3v) is 5.99. The second kappa shape index (κ2) is 7.36. The van der Waals surface area contributed by atoms with Gasteiger partial charge in [0.2, 0.25) is 0 Å². The number of aryl methyl sites for hydroxylation is 1. The van der Waals surface area contributed by atoms with Crippen LogP contribution in [0.4, 0.5) is 5.82 Å². The van der Waals surface area contributed by atoms with E-state index in [0.29, 0.717) is 17.3 Å². The predicted molar refractivity (Wildman–Crippen MR) is 105 cm³/mol. The Balaban J connectivity index is 1.45. The molecule has 0 saturated heterocycles. The van der Waals surface area contributed by atoms with Crippen LogP contribution in [-0.4, -0.2) is 21.0 Å². The molecule has 1 N–H and O–H groups in total. The highest BCUT2D eigenvalue weighted by molar-refractivity contribution is 8.08. The highest BCUT2D eigenvalue weighted by Crippen LogP contribution is 2.51. The van der Waals surface area contributed by atoms with Crippen molar-refractivity contribution in [2.24, 2.45) is 5.92 Å². The number of pyridine rings is 2. The van der Waals surface area contributed by atoms with Crippen molar-refractivity contribution in [3.05, 3.63) is 77.6 Å². The molecule has 4 heterocycles. The van der Waals surface area contributed by atoms with Crippen LogP contribution in [0.5, 0.6) is 0 Å². The van der Waals surface area contributed by atoms with Gasteiger partial charge in [0.25, 0.3) is 5.91 Å². The summed E-state index contributed by atoms with van der Waals surface area (Å²) in [6, 6.07) is 7.41. The molecule has 3 aromatic heterocycles. The summed E-state index contributed by atoms with van der Waals surface area (Å²) in [4.78, 5) is 21.9. The Kier molecular flexibility index (Phi) is 4.77. The number of carbonyl (C=O) groups excluding carboxylic acids is 1. The molecule has 0 fully saturated rings. The molecule has 0 aromatic carbocycles. The highest BCUT2D eigenvalue weighted by Gasteiger charge is 2.29. The zero-order valence-corrected chi connectivity index (χ0v) is 15.7. The van der Waals surface area contributed by atoms with E-state index in [-0.39, 0.29) is 11.2 Å². The standard InChI is InChI=1S/C20H18N4O2S/c1-12-9-17(16-6-8-23-26-16)27-19(12)14-3-4-18(22-11-14)24-20(25)15-5-7-21-10-13(15)2/h3-12,19H,1-2H3,(H,22,24,25). The summed E-state index contributed by atoms with van der Waals surface area (Å²) in [5.41, 5.74) is 2.53. The van der Waals surface area contributed by atoms with Crippen LogP contribution >= 0.6 is 11.8 Å². The average molecular weight is 378 g/mol. The lowest BCUT2D eigenvalue weighted by Gasteiger charge is -2.15. The van der Waals surface area contributed by atoms with E-state index in [1.54, 1.807) is 36.4 Å². The van der Waals surface area contributed by atoms with E-state index in [0.717, 1.165) is 21.8 Å². The minimum Gasteiger partial charge on any atom is -0.356 e. The van der Waals surface area contributed by atoms with Crippen LogP contribution < -0.4 is 5.32 Å². The molecule has 6 nitrogen and oxygen atoms in total. The molecule has 27 heavy (non-hydrogen) atoms. The van der Waals surface area contributed by atoms with E-state index < -0.39 is 0 Å². The predicted octanol–water partition coefficient (Wildman–Crippen LogP) is 4.49. The SMILES string of the molecule is Cc1cnccc1C(=O)Nc1ccc(C2SC(c3ccno3)=CC2C)cn1. The first-order chi connectivity index (χ1) is 13.1. The van der Waals surface area contributed by atoms with Gasteiger partial charge in [-0.3, -0.25) is 9.78 Å². The summed E-state index contributed by atoms with van der Waals surface area (Å²) < 4.78 is 5.26. The van der Waals surface area contributed by atoms with Crippen LogP contribution in [0.2, 0.25) is 0 Å². The van der Waals surface area contributed by atoms with Crippen molar-refractivity contribution in [2.45, 2.75) is 19.1 Å². The molecule has 4 rings (SSSR count). The van der Waals surface area contributed by atoms with Gasteiger partial charge in [0.15, 0.2) is 5.76 Å². The molecular weight excluding hydrogens is 360 g/mol. The van der Waals surface area contributed by atoms with Gasteiger partial charge >= 0.3 is 0 Å². The summed E-state index contributed by atoms with van der Waals surface area (Å²) in [5.74, 6) is 1.47. The molecule has 0 radical (unpaired) electrons. The number of hydrogen-bond acceptors (Lipinski definition) is 6. The van der Waals surface area contributed by atoms with Crippen molar-refractivity contribution in [2.75, 3.05) is 5.32 Å². The summed E-state index contributed by atoms with van der Waals surface area (Å²) >= 11 is 1.74. The average Bonchev–Trinajstić information content (AvgIpc) is 3.32. The first-order valence-electron chi connectivity index (χ1n) is 8.59. The van der Waals surface area contributed by atoms with E-state index >= 15 is 0 Å². The number of thioether (sulfide) groups is 1. The third kappa shape index (κ3) is 3.64. The third-order valence-electron chi connectivity index (χ3n) is 4.45. The fourth-order valence-electron chi connectivity index (χ4n) is 3.02. The summed E-state index contributed by atoms with van der Waals surface area (Å²) in [6.45, 7) is 4.03. The van der Waals surface area contributed by atoms with Crippen molar-refractivity contribution in [1.29, 1.82) is 0 Å². The molecule has 0 bridgehead atoms. The fourth-order valence-corrected chi connectivity index (χ4v) is 4.38. The quantitative estimate of drug-likeness (QED) is 0.720. The van der Waals surface area contributed by atoms with Crippen molar-refractivity contribution < 1.29 is 9.32 Å². The number of hydrogen-bond donors (Lipinski definition) is 1. The highest BCUT2D eigenvalue weighted by atomic mass is 32.2. The van der Waals surface area contributed by atoms with Gasteiger partial charge in [-0.15, -0.1) is 11.8 Å². The lowest BCUT2D eigenvalue weighted by molar-refractivity contribution is 0.102. The summed E-state index contributed by atoms with van der Waals surface area (Å²) in [5, 5.41) is 6.87. The summed E-state index contributed by atoms with van der Waals surface area (Å²) in [7, 11) is 0. The molecule has 0 aliphatic carbocycles. The number of carbonyl (C=O) groups is 1. The van der Waals surface area contributed by atoms with Crippen LogP contribution in [0.3, 0.4) is 0 Å². The van der Waals surface area contributed by atoms with Gasteiger partial charge in [0, 0.05) is 40.4 Å². The maximum atomic E-state index is 12.4. The van der Waals surface area contributed by atoms with Crippen LogP contribution in [0, 0.1) is 12.8 Å². The fraction of sp³-hybridized carbons (Fsp3) is 0.200. The molecule has 2 atom stereocenters. The first kappa shape index (κ1) is 17.5. The molecule has 0 saturated carbocycles. The molecule has 1 amide bonds. The number of amides is 1.